The number of nitro benzene ring substituents is 1. The summed E-state index contributed by atoms with van der Waals surface area (Å²) < 4.78 is 0. The van der Waals surface area contributed by atoms with E-state index in [-0.39, 0.29) is 22.4 Å². The number of carbonyl (C=O) groups is 3. The fraction of sp³-hybridized carbons (Fsp3) is 0.0625. The topological polar surface area (TPSA) is 121 Å². The number of fused-ring (bicyclic) bond motifs is 1. The number of hydrogen-bond acceptors (Lipinski definition) is 6. The quantitative estimate of drug-likeness (QED) is 0.473. The summed E-state index contributed by atoms with van der Waals surface area (Å²) >= 11 is 0. The lowest BCUT2D eigenvalue weighted by atomic mass is 10.1. The van der Waals surface area contributed by atoms with Crippen LogP contribution in [0.2, 0.25) is 0 Å². The van der Waals surface area contributed by atoms with Crippen molar-refractivity contribution in [1.82, 2.24) is 0 Å². The third kappa shape index (κ3) is 2.12. The Labute approximate surface area is 135 Å². The van der Waals surface area contributed by atoms with Gasteiger partial charge in [0.2, 0.25) is 0 Å². The number of imide groups is 1. The van der Waals surface area contributed by atoms with E-state index in [4.69, 9.17) is 0 Å². The van der Waals surface area contributed by atoms with E-state index in [2.05, 4.69) is 0 Å². The van der Waals surface area contributed by atoms with Crippen molar-refractivity contribution in [1.29, 1.82) is 0 Å². The van der Waals surface area contributed by atoms with Gasteiger partial charge in [-0.2, -0.15) is 0 Å². The van der Waals surface area contributed by atoms with Gasteiger partial charge in [0.1, 0.15) is 5.56 Å². The van der Waals surface area contributed by atoms with Crippen molar-refractivity contribution in [3.05, 3.63) is 68.8 Å². The third-order valence-corrected chi connectivity index (χ3v) is 3.78. The van der Waals surface area contributed by atoms with Gasteiger partial charge in [-0.05, 0) is 30.2 Å². The Morgan fingerprint density at radius 2 is 1.83 bits per heavy atom. The summed E-state index contributed by atoms with van der Waals surface area (Å²) in [6.07, 6.45) is 0. The first-order valence-electron chi connectivity index (χ1n) is 6.81. The van der Waals surface area contributed by atoms with Crippen LogP contribution < -0.4 is 10.0 Å². The van der Waals surface area contributed by atoms with Gasteiger partial charge in [-0.15, -0.1) is 0 Å². The van der Waals surface area contributed by atoms with E-state index in [0.29, 0.717) is 5.56 Å². The van der Waals surface area contributed by atoms with Gasteiger partial charge in [0.05, 0.1) is 22.1 Å². The molecule has 0 aliphatic carbocycles. The molecule has 0 N–H and O–H groups in total. The number of nitro groups is 1. The zero-order valence-electron chi connectivity index (χ0n) is 12.3. The molecule has 0 aromatic heterocycles. The molecule has 8 heteroatoms. The predicted octanol–water partition coefficient (Wildman–Crippen LogP) is 1.07. The highest BCUT2D eigenvalue weighted by atomic mass is 16.6. The number of carboxylic acids is 1. The minimum absolute atomic E-state index is 0.0530. The molecule has 8 nitrogen and oxygen atoms in total. The summed E-state index contributed by atoms with van der Waals surface area (Å²) in [5, 5.41) is 22.1. The number of carboxylic acid groups (broad SMARTS) is 1. The zero-order valence-corrected chi connectivity index (χ0v) is 12.3. The fourth-order valence-corrected chi connectivity index (χ4v) is 2.62. The van der Waals surface area contributed by atoms with Crippen LogP contribution in [0.1, 0.15) is 36.6 Å². The van der Waals surface area contributed by atoms with Crippen molar-refractivity contribution in [3.8, 4) is 0 Å². The maximum absolute atomic E-state index is 12.6. The van der Waals surface area contributed by atoms with Crippen molar-refractivity contribution in [2.75, 3.05) is 4.90 Å². The van der Waals surface area contributed by atoms with Gasteiger partial charge in [0.15, 0.2) is 0 Å². The number of benzene rings is 2. The first kappa shape index (κ1) is 15.3. The van der Waals surface area contributed by atoms with E-state index in [9.17, 15) is 29.6 Å². The molecule has 3 rings (SSSR count). The van der Waals surface area contributed by atoms with Crippen molar-refractivity contribution in [2.24, 2.45) is 0 Å². The SMILES string of the molecule is Cc1ccc(C(=O)[O-])cc1N1C(=O)c2cccc([N+](=O)[O-])c2C1=O. The van der Waals surface area contributed by atoms with Gasteiger partial charge in [-0.1, -0.05) is 18.2 Å². The minimum Gasteiger partial charge on any atom is -0.545 e. The van der Waals surface area contributed by atoms with Crippen LogP contribution in [0.15, 0.2) is 36.4 Å². The number of nitrogens with zero attached hydrogens (tertiary/aromatic N) is 2. The van der Waals surface area contributed by atoms with Gasteiger partial charge in [-0.25, -0.2) is 4.90 Å². The second kappa shape index (κ2) is 5.27. The maximum atomic E-state index is 12.6. The molecule has 2 aromatic carbocycles. The van der Waals surface area contributed by atoms with Gasteiger partial charge in [-0.3, -0.25) is 19.7 Å². The zero-order chi connectivity index (χ0) is 17.6. The Kier molecular flexibility index (Phi) is 3.37. The van der Waals surface area contributed by atoms with E-state index in [1.54, 1.807) is 6.92 Å². The molecule has 0 spiro atoms. The molecule has 0 unspecified atom stereocenters. The average molecular weight is 325 g/mol. The van der Waals surface area contributed by atoms with Crippen LogP contribution in [0.5, 0.6) is 0 Å². The van der Waals surface area contributed by atoms with E-state index >= 15 is 0 Å². The highest BCUT2D eigenvalue weighted by Crippen LogP contribution is 2.35. The Morgan fingerprint density at radius 3 is 2.46 bits per heavy atom. The van der Waals surface area contributed by atoms with E-state index in [1.165, 1.54) is 24.3 Å². The van der Waals surface area contributed by atoms with Gasteiger partial charge in [0, 0.05) is 6.07 Å². The van der Waals surface area contributed by atoms with Crippen molar-refractivity contribution in [3.63, 3.8) is 0 Å². The molecule has 0 saturated carbocycles. The van der Waals surface area contributed by atoms with Gasteiger partial charge in [0.25, 0.3) is 17.5 Å². The van der Waals surface area contributed by atoms with Gasteiger partial charge < -0.3 is 9.90 Å². The summed E-state index contributed by atoms with van der Waals surface area (Å²) in [6, 6.07) is 7.62. The molecule has 1 heterocycles. The third-order valence-electron chi connectivity index (χ3n) is 3.78. The number of anilines is 1. The Bertz CT molecular complexity index is 934. The van der Waals surface area contributed by atoms with Gasteiger partial charge >= 0.3 is 0 Å². The second-order valence-electron chi connectivity index (χ2n) is 5.19. The van der Waals surface area contributed by atoms with Crippen LogP contribution in [0.25, 0.3) is 0 Å². The molecule has 0 saturated heterocycles. The monoisotopic (exact) mass is 325 g/mol. The number of carbonyl (C=O) groups excluding carboxylic acids is 3. The summed E-state index contributed by atoms with van der Waals surface area (Å²) in [5.74, 6) is -3.06. The van der Waals surface area contributed by atoms with Crippen LogP contribution in [0, 0.1) is 17.0 Å². The number of hydrogen-bond donors (Lipinski definition) is 0. The Balaban J connectivity index is 2.19. The molecule has 0 bridgehead atoms. The van der Waals surface area contributed by atoms with Crippen LogP contribution in [-0.4, -0.2) is 22.7 Å². The minimum atomic E-state index is -1.46. The summed E-state index contributed by atoms with van der Waals surface area (Å²) in [5.41, 5.74) is -0.545. The lowest BCUT2D eigenvalue weighted by Crippen LogP contribution is -2.31. The molecule has 2 amide bonds. The molecule has 2 aromatic rings. The first-order valence-corrected chi connectivity index (χ1v) is 6.81. The molecule has 0 atom stereocenters. The van der Waals surface area contributed by atoms with Crippen LogP contribution in [0.4, 0.5) is 11.4 Å². The van der Waals surface area contributed by atoms with E-state index in [0.717, 1.165) is 17.0 Å². The second-order valence-corrected chi connectivity index (χ2v) is 5.19. The molecule has 1 aliphatic heterocycles. The number of rotatable bonds is 3. The Hall–Kier alpha value is -3.55. The largest absolute Gasteiger partial charge is 0.545 e. The number of aryl methyl sites for hydroxylation is 1. The summed E-state index contributed by atoms with van der Waals surface area (Å²) in [6.45, 7) is 1.59. The standard InChI is InChI=1S/C16H10N2O6/c1-8-5-6-9(16(21)22)7-12(8)17-14(19)10-3-2-4-11(18(23)24)13(10)15(17)20/h2-7H,1H3,(H,21,22)/p-1. The fourth-order valence-electron chi connectivity index (χ4n) is 2.62. The number of aromatic carboxylic acids is 1. The lowest BCUT2D eigenvalue weighted by Gasteiger charge is -2.18. The van der Waals surface area contributed by atoms with Crippen LogP contribution in [0.3, 0.4) is 0 Å². The smallest absolute Gasteiger partial charge is 0.283 e. The normalized spacial score (nSPS) is 13.1. The molecule has 1 aliphatic rings. The highest BCUT2D eigenvalue weighted by Gasteiger charge is 2.42. The van der Waals surface area contributed by atoms with E-state index < -0.39 is 28.4 Å². The maximum Gasteiger partial charge on any atom is 0.283 e. The number of amides is 2. The summed E-state index contributed by atoms with van der Waals surface area (Å²) in [7, 11) is 0. The average Bonchev–Trinajstić information content (AvgIpc) is 2.79. The molecule has 120 valence electrons. The Morgan fingerprint density at radius 1 is 1.12 bits per heavy atom. The highest BCUT2D eigenvalue weighted by molar-refractivity contribution is 6.36. The molecule has 0 radical (unpaired) electrons. The van der Waals surface area contributed by atoms with Crippen LogP contribution in [-0.2, 0) is 0 Å². The molecule has 0 fully saturated rings. The van der Waals surface area contributed by atoms with Crippen molar-refractivity contribution in [2.45, 2.75) is 6.92 Å². The lowest BCUT2D eigenvalue weighted by molar-refractivity contribution is -0.385. The van der Waals surface area contributed by atoms with E-state index in [1.807, 2.05) is 0 Å². The first-order chi connectivity index (χ1) is 11.3. The molecular weight excluding hydrogens is 316 g/mol. The summed E-state index contributed by atoms with van der Waals surface area (Å²) in [4.78, 5) is 47.3. The van der Waals surface area contributed by atoms with Crippen molar-refractivity contribution >= 4 is 29.2 Å². The molecular formula is C16H9N2O6-. The van der Waals surface area contributed by atoms with Crippen molar-refractivity contribution < 1.29 is 24.4 Å². The predicted molar refractivity (Wildman–Crippen MR) is 79.7 cm³/mol. The van der Waals surface area contributed by atoms with Crippen LogP contribution >= 0.6 is 0 Å². The molecule has 24 heavy (non-hydrogen) atoms.